The van der Waals surface area contributed by atoms with E-state index in [9.17, 15) is 0 Å². The number of nitrogens with zero attached hydrogens (tertiary/aromatic N) is 1. The van der Waals surface area contributed by atoms with Crippen molar-refractivity contribution in [2.45, 2.75) is 50.6 Å². The first-order chi connectivity index (χ1) is 8.33. The van der Waals surface area contributed by atoms with Gasteiger partial charge in [-0.2, -0.15) is 0 Å². The first-order valence-corrected chi connectivity index (χ1v) is 6.77. The van der Waals surface area contributed by atoms with Gasteiger partial charge in [0.05, 0.1) is 18.6 Å². The molecule has 1 aromatic heterocycles. The minimum Gasteiger partial charge on any atom is -0.472 e. The molecule has 0 aliphatic heterocycles. The molecule has 1 fully saturated rings. The van der Waals surface area contributed by atoms with E-state index in [1.165, 1.54) is 44.1 Å². The van der Waals surface area contributed by atoms with E-state index in [-0.39, 0.29) is 0 Å². The second-order valence-electron chi connectivity index (χ2n) is 5.12. The quantitative estimate of drug-likeness (QED) is 0.817. The number of hydrogen-bond donors (Lipinski definition) is 1. The number of likely N-dealkylation sites (N-methyl/N-ethyl adjacent to an activating group) is 1. The minimum atomic E-state index is 0.303. The molecule has 0 spiro atoms. The van der Waals surface area contributed by atoms with Crippen molar-refractivity contribution in [3.8, 4) is 0 Å². The maximum Gasteiger partial charge on any atom is 0.0950 e. The summed E-state index contributed by atoms with van der Waals surface area (Å²) in [5.74, 6) is 0. The molecule has 1 heterocycles. The summed E-state index contributed by atoms with van der Waals surface area (Å²) in [7, 11) is 2.21. The van der Waals surface area contributed by atoms with Crippen molar-refractivity contribution < 1.29 is 4.42 Å². The smallest absolute Gasteiger partial charge is 0.0950 e. The Bertz CT molecular complexity index is 302. The van der Waals surface area contributed by atoms with E-state index in [4.69, 9.17) is 10.2 Å². The van der Waals surface area contributed by atoms with E-state index in [0.717, 1.165) is 0 Å². The van der Waals surface area contributed by atoms with Crippen LogP contribution in [0.5, 0.6) is 0 Å². The molecule has 0 saturated heterocycles. The fourth-order valence-corrected chi connectivity index (χ4v) is 2.92. The van der Waals surface area contributed by atoms with Crippen LogP contribution in [0.3, 0.4) is 0 Å². The Morgan fingerprint density at radius 3 is 2.59 bits per heavy atom. The maximum atomic E-state index is 5.93. The third kappa shape index (κ3) is 3.11. The lowest BCUT2D eigenvalue weighted by molar-refractivity contribution is 0.161. The van der Waals surface area contributed by atoms with Crippen molar-refractivity contribution in [1.29, 1.82) is 0 Å². The lowest BCUT2D eigenvalue weighted by atomic mass is 10.0. The molecule has 0 bridgehead atoms. The van der Waals surface area contributed by atoms with Gasteiger partial charge in [0.15, 0.2) is 0 Å². The number of rotatable bonds is 4. The summed E-state index contributed by atoms with van der Waals surface area (Å²) in [4.78, 5) is 2.45. The van der Waals surface area contributed by atoms with Gasteiger partial charge in [-0.3, -0.25) is 4.90 Å². The fourth-order valence-electron chi connectivity index (χ4n) is 2.92. The lowest BCUT2D eigenvalue weighted by Crippen LogP contribution is -2.38. The van der Waals surface area contributed by atoms with Crippen LogP contribution in [0.2, 0.25) is 0 Å². The predicted octanol–water partition coefficient (Wildman–Crippen LogP) is 2.93. The second-order valence-corrected chi connectivity index (χ2v) is 5.12. The van der Waals surface area contributed by atoms with Crippen LogP contribution in [0.25, 0.3) is 0 Å². The average molecular weight is 236 g/mol. The Kier molecular flexibility index (Phi) is 4.63. The van der Waals surface area contributed by atoms with E-state index >= 15 is 0 Å². The molecule has 0 amide bonds. The van der Waals surface area contributed by atoms with Crippen LogP contribution in [0.1, 0.15) is 50.1 Å². The molecular weight excluding hydrogens is 212 g/mol. The van der Waals surface area contributed by atoms with Gasteiger partial charge >= 0.3 is 0 Å². The molecule has 2 N–H and O–H groups in total. The predicted molar refractivity (Wildman–Crippen MR) is 69.8 cm³/mol. The Morgan fingerprint density at radius 2 is 2.06 bits per heavy atom. The lowest BCUT2D eigenvalue weighted by Gasteiger charge is -2.33. The van der Waals surface area contributed by atoms with Crippen LogP contribution in [0.15, 0.2) is 23.0 Å². The monoisotopic (exact) mass is 236 g/mol. The summed E-state index contributed by atoms with van der Waals surface area (Å²) in [6, 6.07) is 3.02. The van der Waals surface area contributed by atoms with Gasteiger partial charge in [-0.05, 0) is 26.0 Å². The Hall–Kier alpha value is -0.800. The molecular formula is C14H24N2O. The zero-order valence-corrected chi connectivity index (χ0v) is 10.8. The van der Waals surface area contributed by atoms with Gasteiger partial charge < -0.3 is 10.2 Å². The topological polar surface area (TPSA) is 42.4 Å². The van der Waals surface area contributed by atoms with Crippen LogP contribution >= 0.6 is 0 Å². The van der Waals surface area contributed by atoms with Gasteiger partial charge in [-0.1, -0.05) is 25.7 Å². The van der Waals surface area contributed by atoms with Crippen molar-refractivity contribution in [2.75, 3.05) is 13.6 Å². The number of furan rings is 1. The third-order valence-electron chi connectivity index (χ3n) is 4.04. The van der Waals surface area contributed by atoms with Crippen LogP contribution in [-0.2, 0) is 0 Å². The first kappa shape index (κ1) is 12.7. The molecule has 1 saturated carbocycles. The summed E-state index contributed by atoms with van der Waals surface area (Å²) in [6.45, 7) is 0.659. The second kappa shape index (κ2) is 6.22. The van der Waals surface area contributed by atoms with Crippen molar-refractivity contribution in [3.05, 3.63) is 24.2 Å². The summed E-state index contributed by atoms with van der Waals surface area (Å²) >= 11 is 0. The Balaban J connectivity index is 2.03. The van der Waals surface area contributed by atoms with Crippen molar-refractivity contribution >= 4 is 0 Å². The highest BCUT2D eigenvalue weighted by Gasteiger charge is 2.24. The van der Waals surface area contributed by atoms with Gasteiger partial charge in [0.2, 0.25) is 0 Å². The standard InChI is InChI=1S/C14H24N2O/c1-16(13-6-4-2-3-5-7-13)14(10-15)12-8-9-17-11-12/h8-9,11,13-14H,2-7,10,15H2,1H3. The summed E-state index contributed by atoms with van der Waals surface area (Å²) in [5, 5.41) is 0. The number of hydrogen-bond acceptors (Lipinski definition) is 3. The van der Waals surface area contributed by atoms with Crippen LogP contribution in [0.4, 0.5) is 0 Å². The highest BCUT2D eigenvalue weighted by molar-refractivity contribution is 5.12. The minimum absolute atomic E-state index is 0.303. The Morgan fingerprint density at radius 1 is 1.35 bits per heavy atom. The van der Waals surface area contributed by atoms with E-state index in [1.807, 2.05) is 12.3 Å². The van der Waals surface area contributed by atoms with E-state index in [2.05, 4.69) is 11.9 Å². The molecule has 1 aromatic rings. The molecule has 1 unspecified atom stereocenters. The molecule has 0 aromatic carbocycles. The normalized spacial score (nSPS) is 20.4. The average Bonchev–Trinajstić information content (AvgIpc) is 2.72. The van der Waals surface area contributed by atoms with Crippen LogP contribution in [-0.4, -0.2) is 24.5 Å². The highest BCUT2D eigenvalue weighted by atomic mass is 16.3. The molecule has 17 heavy (non-hydrogen) atoms. The molecule has 2 rings (SSSR count). The zero-order valence-electron chi connectivity index (χ0n) is 10.8. The van der Waals surface area contributed by atoms with Crippen molar-refractivity contribution in [3.63, 3.8) is 0 Å². The first-order valence-electron chi connectivity index (χ1n) is 6.77. The Labute approximate surface area is 104 Å². The van der Waals surface area contributed by atoms with E-state index in [1.54, 1.807) is 6.26 Å². The summed E-state index contributed by atoms with van der Waals surface area (Å²) in [5.41, 5.74) is 7.13. The van der Waals surface area contributed by atoms with Crippen molar-refractivity contribution in [2.24, 2.45) is 5.73 Å². The highest BCUT2D eigenvalue weighted by Crippen LogP contribution is 2.27. The van der Waals surface area contributed by atoms with Gasteiger partial charge in [0, 0.05) is 18.2 Å². The van der Waals surface area contributed by atoms with E-state index in [0.29, 0.717) is 18.6 Å². The number of nitrogens with two attached hydrogens (primary N) is 1. The SMILES string of the molecule is CN(C1CCCCCC1)C(CN)c1ccoc1. The van der Waals surface area contributed by atoms with E-state index < -0.39 is 0 Å². The van der Waals surface area contributed by atoms with Crippen molar-refractivity contribution in [1.82, 2.24) is 4.90 Å². The molecule has 1 aliphatic rings. The molecule has 0 radical (unpaired) electrons. The molecule has 1 aliphatic carbocycles. The van der Waals surface area contributed by atoms with Crippen LogP contribution in [0, 0.1) is 0 Å². The van der Waals surface area contributed by atoms with Crippen LogP contribution < -0.4 is 5.73 Å². The van der Waals surface area contributed by atoms with Gasteiger partial charge in [0.25, 0.3) is 0 Å². The molecule has 96 valence electrons. The molecule has 1 atom stereocenters. The largest absolute Gasteiger partial charge is 0.472 e. The van der Waals surface area contributed by atoms with Gasteiger partial charge in [0.1, 0.15) is 0 Å². The van der Waals surface area contributed by atoms with Gasteiger partial charge in [-0.15, -0.1) is 0 Å². The summed E-state index contributed by atoms with van der Waals surface area (Å²) < 4.78 is 5.18. The zero-order chi connectivity index (χ0) is 12.1. The molecule has 3 heteroatoms. The van der Waals surface area contributed by atoms with Gasteiger partial charge in [-0.25, -0.2) is 0 Å². The maximum absolute atomic E-state index is 5.93. The summed E-state index contributed by atoms with van der Waals surface area (Å²) in [6.07, 6.45) is 11.7. The third-order valence-corrected chi connectivity index (χ3v) is 4.04. The molecule has 3 nitrogen and oxygen atoms in total. The fraction of sp³-hybridized carbons (Fsp3) is 0.714.